The van der Waals surface area contributed by atoms with E-state index < -0.39 is 6.10 Å². The number of amides is 1. The van der Waals surface area contributed by atoms with Gasteiger partial charge in [0.05, 0.1) is 11.3 Å². The van der Waals surface area contributed by atoms with Crippen LogP contribution < -0.4 is 10.1 Å². The summed E-state index contributed by atoms with van der Waals surface area (Å²) >= 11 is 1.35. The molecule has 2 N–H and O–H groups in total. The molecule has 4 rings (SSSR count). The summed E-state index contributed by atoms with van der Waals surface area (Å²) in [6.07, 6.45) is 1.14. The Morgan fingerprint density at radius 2 is 2.04 bits per heavy atom. The van der Waals surface area contributed by atoms with Gasteiger partial charge in [0.25, 0.3) is 5.91 Å². The quantitative estimate of drug-likeness (QED) is 0.524. The number of hydrogen-bond donors (Lipinski definition) is 2. The van der Waals surface area contributed by atoms with Crippen LogP contribution in [0.15, 0.2) is 60.1 Å². The minimum absolute atomic E-state index is 0.326. The number of nitrogens with zero attached hydrogens (tertiary/aromatic N) is 2. The first-order valence-electron chi connectivity index (χ1n) is 8.64. The topological polar surface area (TPSA) is 90.8 Å². The molecule has 0 aliphatic carbocycles. The maximum absolute atomic E-state index is 12.5. The van der Waals surface area contributed by atoms with Crippen LogP contribution in [0.5, 0.6) is 5.75 Å². The van der Waals surface area contributed by atoms with Crippen LogP contribution in [0.4, 0.5) is 5.13 Å². The number of rotatable bonds is 5. The van der Waals surface area contributed by atoms with Gasteiger partial charge < -0.3 is 9.72 Å². The lowest BCUT2D eigenvalue weighted by atomic mass is 10.1. The minimum atomic E-state index is -0.769. The van der Waals surface area contributed by atoms with Crippen LogP contribution in [0.1, 0.15) is 12.5 Å². The molecule has 2 aromatic heterocycles. The number of benzene rings is 2. The van der Waals surface area contributed by atoms with Crippen molar-refractivity contribution in [1.29, 1.82) is 5.26 Å². The third-order valence-corrected chi connectivity index (χ3v) is 5.04. The predicted octanol–water partition coefficient (Wildman–Crippen LogP) is 4.57. The molecule has 138 valence electrons. The number of aromatic amines is 1. The average molecular weight is 388 g/mol. The van der Waals surface area contributed by atoms with Crippen molar-refractivity contribution in [3.05, 3.63) is 65.7 Å². The van der Waals surface area contributed by atoms with Gasteiger partial charge in [0.15, 0.2) is 11.2 Å². The molecule has 1 amide bonds. The van der Waals surface area contributed by atoms with Gasteiger partial charge >= 0.3 is 0 Å². The van der Waals surface area contributed by atoms with Crippen LogP contribution in [-0.2, 0) is 4.79 Å². The van der Waals surface area contributed by atoms with Gasteiger partial charge in [0.1, 0.15) is 11.8 Å². The summed E-state index contributed by atoms with van der Waals surface area (Å²) in [6, 6.07) is 16.9. The third-order valence-electron chi connectivity index (χ3n) is 4.28. The highest BCUT2D eigenvalue weighted by atomic mass is 32.1. The normalized spacial score (nSPS) is 11.7. The summed E-state index contributed by atoms with van der Waals surface area (Å²) in [6.45, 7) is 1.64. The molecular formula is C21H16N4O2S. The van der Waals surface area contributed by atoms with E-state index in [2.05, 4.69) is 21.4 Å². The van der Waals surface area contributed by atoms with E-state index in [-0.39, 0.29) is 5.91 Å². The number of fused-ring (bicyclic) bond motifs is 1. The molecule has 0 spiro atoms. The Morgan fingerprint density at radius 3 is 2.89 bits per heavy atom. The van der Waals surface area contributed by atoms with Crippen molar-refractivity contribution in [3.63, 3.8) is 0 Å². The van der Waals surface area contributed by atoms with Crippen LogP contribution in [-0.4, -0.2) is 22.0 Å². The van der Waals surface area contributed by atoms with Gasteiger partial charge in [-0.1, -0.05) is 30.3 Å². The molecule has 0 aliphatic heterocycles. The number of carbonyl (C=O) groups excluding carboxylic acids is 1. The lowest BCUT2D eigenvalue weighted by molar-refractivity contribution is -0.122. The van der Waals surface area contributed by atoms with E-state index in [0.29, 0.717) is 16.4 Å². The highest BCUT2D eigenvalue weighted by Gasteiger charge is 2.18. The fraction of sp³-hybridized carbons (Fsp3) is 0.0952. The van der Waals surface area contributed by atoms with Crippen LogP contribution in [0.2, 0.25) is 0 Å². The standard InChI is InChI=1S/C21H16N4O2S/c1-13(27-19-9-5-2-6-14(19)10-22)20(26)25-21-24-18(12-28-21)16-11-23-17-8-4-3-7-15(16)17/h2-9,11-13,23H,1H3,(H,24,25,26). The number of aromatic nitrogens is 2. The van der Waals surface area contributed by atoms with E-state index in [9.17, 15) is 4.79 Å². The second kappa shape index (κ2) is 7.55. The summed E-state index contributed by atoms with van der Waals surface area (Å²) in [5.41, 5.74) is 3.20. The minimum Gasteiger partial charge on any atom is -0.480 e. The number of ether oxygens (including phenoxy) is 1. The van der Waals surface area contributed by atoms with E-state index >= 15 is 0 Å². The predicted molar refractivity (Wildman–Crippen MR) is 109 cm³/mol. The number of hydrogen-bond acceptors (Lipinski definition) is 5. The molecule has 28 heavy (non-hydrogen) atoms. The summed E-state index contributed by atoms with van der Waals surface area (Å²) in [5, 5.41) is 15.4. The fourth-order valence-corrected chi connectivity index (χ4v) is 3.56. The molecule has 0 aliphatic rings. The zero-order valence-electron chi connectivity index (χ0n) is 15.0. The molecule has 2 heterocycles. The van der Waals surface area contributed by atoms with Crippen LogP contribution >= 0.6 is 11.3 Å². The van der Waals surface area contributed by atoms with Crippen molar-refractivity contribution < 1.29 is 9.53 Å². The summed E-state index contributed by atoms with van der Waals surface area (Å²) < 4.78 is 5.64. The second-order valence-corrected chi connectivity index (χ2v) is 7.00. The van der Waals surface area contributed by atoms with E-state index in [1.54, 1.807) is 31.2 Å². The third kappa shape index (κ3) is 3.46. The Bertz CT molecular complexity index is 1190. The maximum Gasteiger partial charge on any atom is 0.266 e. The molecule has 0 saturated heterocycles. The molecule has 6 nitrogen and oxygen atoms in total. The molecule has 1 unspecified atom stereocenters. The zero-order valence-corrected chi connectivity index (χ0v) is 15.8. The molecule has 7 heteroatoms. The zero-order chi connectivity index (χ0) is 19.5. The number of thiazole rings is 1. The van der Waals surface area contributed by atoms with E-state index in [4.69, 9.17) is 10.00 Å². The molecule has 0 saturated carbocycles. The summed E-state index contributed by atoms with van der Waals surface area (Å²) in [5.74, 6) is 0.0545. The van der Waals surface area contributed by atoms with Gasteiger partial charge in [-0.3, -0.25) is 10.1 Å². The largest absolute Gasteiger partial charge is 0.480 e. The number of carbonyl (C=O) groups is 1. The van der Waals surface area contributed by atoms with Crippen molar-refractivity contribution in [2.45, 2.75) is 13.0 Å². The first-order chi connectivity index (χ1) is 13.7. The molecule has 0 fully saturated rings. The molecular weight excluding hydrogens is 372 g/mol. The Labute approximate surface area is 165 Å². The first-order valence-corrected chi connectivity index (χ1v) is 9.52. The average Bonchev–Trinajstić information content (AvgIpc) is 3.35. The van der Waals surface area contributed by atoms with Gasteiger partial charge in [-0.05, 0) is 25.1 Å². The van der Waals surface area contributed by atoms with Crippen molar-refractivity contribution in [2.24, 2.45) is 0 Å². The Balaban J connectivity index is 1.48. The van der Waals surface area contributed by atoms with E-state index in [0.717, 1.165) is 22.2 Å². The lowest BCUT2D eigenvalue weighted by Gasteiger charge is -2.14. The molecule has 0 bridgehead atoms. The second-order valence-electron chi connectivity index (χ2n) is 6.14. The Morgan fingerprint density at radius 1 is 1.25 bits per heavy atom. The highest BCUT2D eigenvalue weighted by Crippen LogP contribution is 2.31. The van der Waals surface area contributed by atoms with Gasteiger partial charge in [0.2, 0.25) is 0 Å². The van der Waals surface area contributed by atoms with Crippen LogP contribution in [0.3, 0.4) is 0 Å². The summed E-state index contributed by atoms with van der Waals surface area (Å²) in [7, 11) is 0. The van der Waals surface area contributed by atoms with Crippen molar-refractivity contribution in [3.8, 4) is 23.1 Å². The molecule has 1 atom stereocenters. The summed E-state index contributed by atoms with van der Waals surface area (Å²) in [4.78, 5) is 20.2. The Kier molecular flexibility index (Phi) is 4.79. The number of nitriles is 1. The number of anilines is 1. The van der Waals surface area contributed by atoms with Crippen molar-refractivity contribution in [1.82, 2.24) is 9.97 Å². The fourth-order valence-electron chi connectivity index (χ4n) is 2.85. The number of nitrogens with one attached hydrogen (secondary N) is 2. The SMILES string of the molecule is CC(Oc1ccccc1C#N)C(=O)Nc1nc(-c2c[nH]c3ccccc23)cs1. The Hall–Kier alpha value is -3.63. The van der Waals surface area contributed by atoms with Crippen LogP contribution in [0, 0.1) is 11.3 Å². The van der Waals surface area contributed by atoms with Crippen LogP contribution in [0.25, 0.3) is 22.2 Å². The molecule has 4 aromatic rings. The lowest BCUT2D eigenvalue weighted by Crippen LogP contribution is -2.30. The van der Waals surface area contributed by atoms with Crippen molar-refractivity contribution >= 4 is 33.3 Å². The smallest absolute Gasteiger partial charge is 0.266 e. The van der Waals surface area contributed by atoms with Gasteiger partial charge in [-0.25, -0.2) is 4.98 Å². The maximum atomic E-state index is 12.5. The highest BCUT2D eigenvalue weighted by molar-refractivity contribution is 7.14. The number of para-hydroxylation sites is 2. The number of H-pyrrole nitrogens is 1. The van der Waals surface area contributed by atoms with Crippen molar-refractivity contribution in [2.75, 3.05) is 5.32 Å². The van der Waals surface area contributed by atoms with Gasteiger partial charge in [-0.15, -0.1) is 11.3 Å². The van der Waals surface area contributed by atoms with Gasteiger partial charge in [-0.2, -0.15) is 5.26 Å². The molecule has 0 radical (unpaired) electrons. The first kappa shape index (κ1) is 17.8. The monoisotopic (exact) mass is 388 g/mol. The van der Waals surface area contributed by atoms with E-state index in [1.807, 2.05) is 35.8 Å². The molecule has 2 aromatic carbocycles. The van der Waals surface area contributed by atoms with Gasteiger partial charge in [0, 0.05) is 28.0 Å². The van der Waals surface area contributed by atoms with E-state index in [1.165, 1.54) is 11.3 Å².